The highest BCUT2D eigenvalue weighted by Gasteiger charge is 2.25. The zero-order valence-corrected chi connectivity index (χ0v) is 17.8. The molecule has 0 radical (unpaired) electrons. The minimum atomic E-state index is -0.527. The lowest BCUT2D eigenvalue weighted by Gasteiger charge is -2.21. The standard InChI is InChI=1S/C24H25N5O3/c1-31-19-4-2-3-5-20(19)32-17-8-6-16(7-9-17)21-22(23(25)30)29-24(28-21)18(14-27-29)15-10-12-26-13-11-15/h2-9,14-15,26-27H,10-13H2,1H3,(H2,25,30). The van der Waals surface area contributed by atoms with Crippen LogP contribution in [-0.2, 0) is 0 Å². The van der Waals surface area contributed by atoms with Crippen molar-refractivity contribution < 1.29 is 14.3 Å². The lowest BCUT2D eigenvalue weighted by atomic mass is 9.92. The Labute approximate surface area is 185 Å². The molecular weight excluding hydrogens is 406 g/mol. The summed E-state index contributed by atoms with van der Waals surface area (Å²) < 4.78 is 13.0. The maximum atomic E-state index is 12.3. The van der Waals surface area contributed by atoms with E-state index in [1.54, 1.807) is 11.6 Å². The van der Waals surface area contributed by atoms with Crippen molar-refractivity contribution in [2.24, 2.45) is 5.73 Å². The smallest absolute Gasteiger partial charge is 0.269 e. The van der Waals surface area contributed by atoms with Gasteiger partial charge < -0.3 is 20.5 Å². The lowest BCUT2D eigenvalue weighted by molar-refractivity contribution is 0.0994. The van der Waals surface area contributed by atoms with Crippen LogP contribution >= 0.6 is 0 Å². The minimum absolute atomic E-state index is 0.346. The molecule has 0 atom stereocenters. The number of benzene rings is 2. The molecule has 0 saturated carbocycles. The van der Waals surface area contributed by atoms with E-state index in [1.807, 2.05) is 54.7 Å². The van der Waals surface area contributed by atoms with Gasteiger partial charge in [0.05, 0.1) is 7.11 Å². The van der Waals surface area contributed by atoms with Gasteiger partial charge in [0, 0.05) is 17.3 Å². The second-order valence-corrected chi connectivity index (χ2v) is 7.86. The van der Waals surface area contributed by atoms with E-state index < -0.39 is 5.91 Å². The predicted molar refractivity (Wildman–Crippen MR) is 121 cm³/mol. The molecule has 8 heteroatoms. The van der Waals surface area contributed by atoms with Crippen molar-refractivity contribution in [2.75, 3.05) is 20.2 Å². The Bertz CT molecular complexity index is 1250. The summed E-state index contributed by atoms with van der Waals surface area (Å²) in [5, 5.41) is 6.56. The zero-order chi connectivity index (χ0) is 22.1. The molecule has 8 nitrogen and oxygen atoms in total. The van der Waals surface area contributed by atoms with Crippen molar-refractivity contribution in [3.05, 3.63) is 66.0 Å². The quantitative estimate of drug-likeness (QED) is 0.432. The van der Waals surface area contributed by atoms with Crippen LogP contribution in [0.5, 0.6) is 17.2 Å². The number of nitrogens with zero attached hydrogens (tertiary/aromatic N) is 2. The van der Waals surface area contributed by atoms with Crippen molar-refractivity contribution in [2.45, 2.75) is 18.8 Å². The lowest BCUT2D eigenvalue weighted by Crippen LogP contribution is -2.26. The number of methoxy groups -OCH3 is 1. The molecule has 0 spiro atoms. The van der Waals surface area contributed by atoms with Crippen LogP contribution in [-0.4, -0.2) is 40.7 Å². The fourth-order valence-electron chi connectivity index (χ4n) is 4.31. The summed E-state index contributed by atoms with van der Waals surface area (Å²) in [4.78, 5) is 17.2. The van der Waals surface area contributed by atoms with Gasteiger partial charge in [-0.25, -0.2) is 9.50 Å². The van der Waals surface area contributed by atoms with Crippen LogP contribution < -0.4 is 20.5 Å². The van der Waals surface area contributed by atoms with Gasteiger partial charge in [-0.15, -0.1) is 0 Å². The Morgan fingerprint density at radius 3 is 2.50 bits per heavy atom. The molecule has 2 aromatic carbocycles. The van der Waals surface area contributed by atoms with E-state index in [0.717, 1.165) is 42.7 Å². The van der Waals surface area contributed by atoms with Gasteiger partial charge in [0.2, 0.25) is 0 Å². The molecule has 0 unspecified atom stereocenters. The van der Waals surface area contributed by atoms with Gasteiger partial charge >= 0.3 is 0 Å². The molecule has 0 aliphatic carbocycles. The Morgan fingerprint density at radius 1 is 1.09 bits per heavy atom. The van der Waals surface area contributed by atoms with Gasteiger partial charge in [-0.3, -0.25) is 9.89 Å². The number of imidazole rings is 1. The summed E-state index contributed by atoms with van der Waals surface area (Å²) in [5.41, 5.74) is 9.32. The van der Waals surface area contributed by atoms with Crippen LogP contribution in [0.4, 0.5) is 0 Å². The molecule has 32 heavy (non-hydrogen) atoms. The molecule has 1 aliphatic heterocycles. The summed E-state index contributed by atoms with van der Waals surface area (Å²) in [6, 6.07) is 14.9. The van der Waals surface area contributed by atoms with E-state index >= 15 is 0 Å². The Balaban J connectivity index is 1.49. The number of amides is 1. The fraction of sp³-hybridized carbons (Fsp3) is 0.250. The van der Waals surface area contributed by atoms with Gasteiger partial charge in [-0.2, -0.15) is 0 Å². The largest absolute Gasteiger partial charge is 0.493 e. The van der Waals surface area contributed by atoms with Gasteiger partial charge in [0.25, 0.3) is 5.91 Å². The zero-order valence-electron chi connectivity index (χ0n) is 17.8. The summed E-state index contributed by atoms with van der Waals surface area (Å²) in [7, 11) is 1.61. The average molecular weight is 431 g/mol. The van der Waals surface area contributed by atoms with Gasteiger partial charge in [-0.05, 0) is 68.2 Å². The number of ether oxygens (including phenoxy) is 2. The number of aromatic nitrogens is 3. The molecule has 3 heterocycles. The molecule has 1 amide bonds. The summed E-state index contributed by atoms with van der Waals surface area (Å²) >= 11 is 0. The highest BCUT2D eigenvalue weighted by Crippen LogP contribution is 2.34. The number of nitrogens with two attached hydrogens (primary N) is 1. The Kier molecular flexibility index (Phi) is 5.28. The van der Waals surface area contributed by atoms with Crippen LogP contribution in [0.2, 0.25) is 0 Å². The number of H-pyrrole nitrogens is 1. The number of rotatable bonds is 6. The number of hydrogen-bond acceptors (Lipinski definition) is 5. The second-order valence-electron chi connectivity index (χ2n) is 7.86. The van der Waals surface area contributed by atoms with Crippen LogP contribution in [0.3, 0.4) is 0 Å². The van der Waals surface area contributed by atoms with Crippen LogP contribution in [0.15, 0.2) is 54.7 Å². The monoisotopic (exact) mass is 431 g/mol. The number of fused-ring (bicyclic) bond motifs is 1. The summed E-state index contributed by atoms with van der Waals surface area (Å²) in [5.74, 6) is 1.81. The number of carbonyl (C=O) groups excluding carboxylic acids is 1. The van der Waals surface area contributed by atoms with Crippen molar-refractivity contribution in [3.8, 4) is 28.5 Å². The van der Waals surface area contributed by atoms with E-state index in [0.29, 0.717) is 34.6 Å². The van der Waals surface area contributed by atoms with E-state index in [1.165, 1.54) is 0 Å². The van der Waals surface area contributed by atoms with Crippen LogP contribution in [0.1, 0.15) is 34.8 Å². The van der Waals surface area contributed by atoms with E-state index in [9.17, 15) is 4.79 Å². The molecule has 4 aromatic rings. The van der Waals surface area contributed by atoms with Crippen molar-refractivity contribution >= 4 is 11.6 Å². The topological polar surface area (TPSA) is 107 Å². The number of carbonyl (C=O) groups is 1. The number of primary amides is 1. The van der Waals surface area contributed by atoms with E-state index in [2.05, 4.69) is 10.4 Å². The molecule has 0 bridgehead atoms. The van der Waals surface area contributed by atoms with Crippen molar-refractivity contribution in [1.29, 1.82) is 0 Å². The molecule has 4 N–H and O–H groups in total. The number of para-hydroxylation sites is 2. The average Bonchev–Trinajstić information content (AvgIpc) is 3.40. The highest BCUT2D eigenvalue weighted by molar-refractivity contribution is 5.98. The molecule has 1 fully saturated rings. The highest BCUT2D eigenvalue weighted by atomic mass is 16.5. The molecular formula is C24H25N5O3. The van der Waals surface area contributed by atoms with E-state index in [-0.39, 0.29) is 0 Å². The molecule has 164 valence electrons. The Hall–Kier alpha value is -3.78. The maximum Gasteiger partial charge on any atom is 0.269 e. The summed E-state index contributed by atoms with van der Waals surface area (Å²) in [6.07, 6.45) is 4.02. The number of hydrogen-bond donors (Lipinski definition) is 3. The first-order valence-corrected chi connectivity index (χ1v) is 10.7. The first kappa shape index (κ1) is 20.1. The maximum absolute atomic E-state index is 12.3. The summed E-state index contributed by atoms with van der Waals surface area (Å²) in [6.45, 7) is 1.96. The molecule has 1 saturated heterocycles. The SMILES string of the molecule is COc1ccccc1Oc1ccc(-c2nc3c(C4CCNCC4)c[nH]n3c2C(N)=O)cc1. The third kappa shape index (κ3) is 3.58. The number of aromatic amines is 1. The normalized spacial score (nSPS) is 14.5. The molecule has 5 rings (SSSR count). The first-order chi connectivity index (χ1) is 15.7. The number of piperidine rings is 1. The van der Waals surface area contributed by atoms with Crippen LogP contribution in [0, 0.1) is 0 Å². The Morgan fingerprint density at radius 2 is 1.81 bits per heavy atom. The second kappa shape index (κ2) is 8.39. The third-order valence-corrected chi connectivity index (χ3v) is 5.92. The predicted octanol–water partition coefficient (Wildman–Crippen LogP) is 3.70. The van der Waals surface area contributed by atoms with Gasteiger partial charge in [0.15, 0.2) is 22.8 Å². The van der Waals surface area contributed by atoms with Gasteiger partial charge in [-0.1, -0.05) is 12.1 Å². The first-order valence-electron chi connectivity index (χ1n) is 10.7. The fourth-order valence-corrected chi connectivity index (χ4v) is 4.31. The van der Waals surface area contributed by atoms with Gasteiger partial charge in [0.1, 0.15) is 11.4 Å². The van der Waals surface area contributed by atoms with E-state index in [4.69, 9.17) is 20.2 Å². The molecule has 1 aliphatic rings. The van der Waals surface area contributed by atoms with Crippen LogP contribution in [0.25, 0.3) is 16.9 Å². The molecule has 2 aromatic heterocycles. The van der Waals surface area contributed by atoms with Crippen molar-refractivity contribution in [1.82, 2.24) is 19.9 Å². The van der Waals surface area contributed by atoms with Crippen molar-refractivity contribution in [3.63, 3.8) is 0 Å². The minimum Gasteiger partial charge on any atom is -0.493 e. The number of nitrogens with one attached hydrogen (secondary N) is 2. The third-order valence-electron chi connectivity index (χ3n) is 5.92.